The minimum atomic E-state index is -0.331. The SMILES string of the molecule is COc1cccc(-c2nc(C=Nc3ccc(C(=O)N(C)c4ccccc4)cc3)c(O)o2)c1. The third kappa shape index (κ3) is 4.52. The Hall–Kier alpha value is -4.39. The van der Waals surface area contributed by atoms with Crippen LogP contribution in [0.15, 0.2) is 88.3 Å². The summed E-state index contributed by atoms with van der Waals surface area (Å²) in [6.07, 6.45) is 1.41. The van der Waals surface area contributed by atoms with Crippen molar-refractivity contribution in [2.24, 2.45) is 4.99 Å². The Morgan fingerprint density at radius 3 is 2.53 bits per heavy atom. The van der Waals surface area contributed by atoms with Gasteiger partial charge in [0.2, 0.25) is 5.89 Å². The standard InChI is InChI=1S/C25H21N3O4/c1-28(20-8-4-3-5-9-20)24(29)17-11-13-19(14-12-17)26-16-22-25(30)32-23(27-22)18-7-6-10-21(15-18)31-2/h3-16,30H,1-2H3. The van der Waals surface area contributed by atoms with Gasteiger partial charge in [-0.3, -0.25) is 9.79 Å². The van der Waals surface area contributed by atoms with E-state index in [-0.39, 0.29) is 23.4 Å². The second-order valence-electron chi connectivity index (χ2n) is 6.95. The molecule has 1 heterocycles. The molecule has 0 fully saturated rings. The quantitative estimate of drug-likeness (QED) is 0.434. The van der Waals surface area contributed by atoms with Crippen LogP contribution in [0.25, 0.3) is 11.5 Å². The van der Waals surface area contributed by atoms with Crippen molar-refractivity contribution < 1.29 is 19.1 Å². The fraction of sp³-hybridized carbons (Fsp3) is 0.0800. The number of carbonyl (C=O) groups is 1. The van der Waals surface area contributed by atoms with Gasteiger partial charge in [0.15, 0.2) is 5.69 Å². The number of rotatable bonds is 6. The zero-order valence-corrected chi connectivity index (χ0v) is 17.6. The predicted molar refractivity (Wildman–Crippen MR) is 123 cm³/mol. The summed E-state index contributed by atoms with van der Waals surface area (Å²) in [4.78, 5) is 22.9. The maximum atomic E-state index is 12.7. The van der Waals surface area contributed by atoms with E-state index in [1.165, 1.54) is 6.21 Å². The van der Waals surface area contributed by atoms with Gasteiger partial charge in [0, 0.05) is 23.9 Å². The number of carbonyl (C=O) groups excluding carboxylic acids is 1. The highest BCUT2D eigenvalue weighted by atomic mass is 16.5. The van der Waals surface area contributed by atoms with Gasteiger partial charge in [-0.25, -0.2) is 4.98 Å². The smallest absolute Gasteiger partial charge is 0.312 e. The van der Waals surface area contributed by atoms with Gasteiger partial charge in [-0.15, -0.1) is 0 Å². The molecule has 160 valence electrons. The molecule has 32 heavy (non-hydrogen) atoms. The first-order chi connectivity index (χ1) is 15.5. The second kappa shape index (κ2) is 9.18. The van der Waals surface area contributed by atoms with Crippen LogP contribution in [-0.2, 0) is 0 Å². The number of hydrogen-bond donors (Lipinski definition) is 1. The third-order valence-corrected chi connectivity index (χ3v) is 4.85. The highest BCUT2D eigenvalue weighted by molar-refractivity contribution is 6.05. The van der Waals surface area contributed by atoms with Crippen molar-refractivity contribution in [3.63, 3.8) is 0 Å². The predicted octanol–water partition coefficient (Wildman–Crippen LogP) is 5.08. The van der Waals surface area contributed by atoms with Crippen molar-refractivity contribution >= 4 is 23.5 Å². The van der Waals surface area contributed by atoms with E-state index in [0.29, 0.717) is 22.6 Å². The van der Waals surface area contributed by atoms with Gasteiger partial charge < -0.3 is 19.2 Å². The van der Waals surface area contributed by atoms with Crippen LogP contribution in [0, 0.1) is 0 Å². The number of aliphatic imine (C=N–C) groups is 1. The number of benzene rings is 3. The van der Waals surface area contributed by atoms with Gasteiger partial charge in [-0.05, 0) is 54.6 Å². The molecule has 0 spiro atoms. The molecule has 0 unspecified atom stereocenters. The van der Waals surface area contributed by atoms with Gasteiger partial charge in [0.05, 0.1) is 19.0 Å². The summed E-state index contributed by atoms with van der Waals surface area (Å²) in [6, 6.07) is 23.5. The Morgan fingerprint density at radius 2 is 1.81 bits per heavy atom. The lowest BCUT2D eigenvalue weighted by Gasteiger charge is -2.17. The molecule has 0 bridgehead atoms. The molecule has 3 aromatic carbocycles. The third-order valence-electron chi connectivity index (χ3n) is 4.85. The molecule has 0 aliphatic carbocycles. The number of ether oxygens (including phenoxy) is 1. The molecule has 4 aromatic rings. The first-order valence-electron chi connectivity index (χ1n) is 9.86. The van der Waals surface area contributed by atoms with Crippen LogP contribution < -0.4 is 9.64 Å². The van der Waals surface area contributed by atoms with E-state index in [1.807, 2.05) is 30.3 Å². The number of amides is 1. The highest BCUT2D eigenvalue weighted by Crippen LogP contribution is 2.28. The Kier molecular flexibility index (Phi) is 5.98. The molecule has 0 atom stereocenters. The summed E-state index contributed by atoms with van der Waals surface area (Å²) in [5.74, 6) is 0.461. The Bertz CT molecular complexity index is 1250. The average Bonchev–Trinajstić information content (AvgIpc) is 3.23. The minimum absolute atomic E-state index is 0.121. The molecule has 0 aliphatic heterocycles. The van der Waals surface area contributed by atoms with Gasteiger partial charge in [-0.1, -0.05) is 24.3 Å². The van der Waals surface area contributed by atoms with E-state index < -0.39 is 0 Å². The molecule has 7 heteroatoms. The summed E-state index contributed by atoms with van der Waals surface area (Å²) in [6.45, 7) is 0. The topological polar surface area (TPSA) is 88.2 Å². The summed E-state index contributed by atoms with van der Waals surface area (Å²) in [5.41, 5.74) is 2.83. The van der Waals surface area contributed by atoms with Crippen LogP contribution in [0.1, 0.15) is 16.1 Å². The fourth-order valence-corrected chi connectivity index (χ4v) is 3.08. The van der Waals surface area contributed by atoms with Crippen molar-refractivity contribution in [3.8, 4) is 23.1 Å². The molecule has 1 amide bonds. The van der Waals surface area contributed by atoms with Crippen molar-refractivity contribution in [3.05, 3.63) is 90.1 Å². The molecular formula is C25H21N3O4. The molecule has 0 saturated carbocycles. The number of aromatic nitrogens is 1. The van der Waals surface area contributed by atoms with Crippen LogP contribution in [-0.4, -0.2) is 36.4 Å². The molecule has 7 nitrogen and oxygen atoms in total. The fourth-order valence-electron chi connectivity index (χ4n) is 3.08. The Balaban J connectivity index is 1.48. The monoisotopic (exact) mass is 427 g/mol. The van der Waals surface area contributed by atoms with Crippen LogP contribution in [0.2, 0.25) is 0 Å². The summed E-state index contributed by atoms with van der Waals surface area (Å²) < 4.78 is 10.6. The lowest BCUT2D eigenvalue weighted by Crippen LogP contribution is -2.25. The maximum Gasteiger partial charge on any atom is 0.312 e. The van der Waals surface area contributed by atoms with Gasteiger partial charge in [0.25, 0.3) is 5.91 Å². The van der Waals surface area contributed by atoms with Crippen LogP contribution >= 0.6 is 0 Å². The van der Waals surface area contributed by atoms with Crippen LogP contribution in [0.5, 0.6) is 11.7 Å². The average molecular weight is 427 g/mol. The molecule has 0 radical (unpaired) electrons. The van der Waals surface area contributed by atoms with E-state index in [2.05, 4.69) is 9.98 Å². The number of methoxy groups -OCH3 is 1. The largest absolute Gasteiger partial charge is 0.497 e. The molecule has 0 aliphatic rings. The summed E-state index contributed by atoms with van der Waals surface area (Å²) in [7, 11) is 3.31. The highest BCUT2D eigenvalue weighted by Gasteiger charge is 2.14. The molecule has 1 N–H and O–H groups in total. The first kappa shape index (κ1) is 20.9. The minimum Gasteiger partial charge on any atom is -0.497 e. The molecule has 1 aromatic heterocycles. The van der Waals surface area contributed by atoms with E-state index >= 15 is 0 Å². The van der Waals surface area contributed by atoms with Crippen molar-refractivity contribution in [1.29, 1.82) is 0 Å². The van der Waals surface area contributed by atoms with Gasteiger partial charge in [-0.2, -0.15) is 0 Å². The number of anilines is 1. The van der Waals surface area contributed by atoms with E-state index in [1.54, 1.807) is 67.6 Å². The van der Waals surface area contributed by atoms with Gasteiger partial charge >= 0.3 is 5.95 Å². The number of hydrogen-bond acceptors (Lipinski definition) is 6. The second-order valence-corrected chi connectivity index (χ2v) is 6.95. The normalized spacial score (nSPS) is 10.9. The number of para-hydroxylation sites is 1. The zero-order chi connectivity index (χ0) is 22.5. The van der Waals surface area contributed by atoms with Crippen molar-refractivity contribution in [1.82, 2.24) is 4.98 Å². The molecular weight excluding hydrogens is 406 g/mol. The van der Waals surface area contributed by atoms with Crippen LogP contribution in [0.3, 0.4) is 0 Å². The number of nitrogens with zero attached hydrogens (tertiary/aromatic N) is 3. The Labute approximate surface area is 185 Å². The van der Waals surface area contributed by atoms with Gasteiger partial charge in [0.1, 0.15) is 5.75 Å². The van der Waals surface area contributed by atoms with E-state index in [0.717, 1.165) is 5.69 Å². The van der Waals surface area contributed by atoms with Crippen molar-refractivity contribution in [2.75, 3.05) is 19.1 Å². The zero-order valence-electron chi connectivity index (χ0n) is 17.6. The van der Waals surface area contributed by atoms with E-state index in [4.69, 9.17) is 9.15 Å². The summed E-state index contributed by atoms with van der Waals surface area (Å²) in [5, 5.41) is 10.1. The number of oxazole rings is 1. The number of aromatic hydroxyl groups is 1. The lowest BCUT2D eigenvalue weighted by atomic mass is 10.1. The lowest BCUT2D eigenvalue weighted by molar-refractivity contribution is 0.0993. The Morgan fingerprint density at radius 1 is 1.06 bits per heavy atom. The molecule has 4 rings (SSSR count). The first-order valence-corrected chi connectivity index (χ1v) is 9.86. The van der Waals surface area contributed by atoms with Crippen molar-refractivity contribution in [2.45, 2.75) is 0 Å². The summed E-state index contributed by atoms with van der Waals surface area (Å²) >= 11 is 0. The van der Waals surface area contributed by atoms with Crippen LogP contribution in [0.4, 0.5) is 11.4 Å². The van der Waals surface area contributed by atoms with E-state index in [9.17, 15) is 9.90 Å². The maximum absolute atomic E-state index is 12.7. The molecule has 0 saturated heterocycles.